The van der Waals surface area contributed by atoms with E-state index in [2.05, 4.69) is 18.7 Å². The molecular formula is C18H27NO2. The van der Waals surface area contributed by atoms with Crippen LogP contribution in [0.15, 0.2) is 24.3 Å². The zero-order chi connectivity index (χ0) is 15.2. The van der Waals surface area contributed by atoms with Crippen molar-refractivity contribution in [3.8, 4) is 0 Å². The number of rotatable bonds is 7. The van der Waals surface area contributed by atoms with E-state index in [9.17, 15) is 4.79 Å². The summed E-state index contributed by atoms with van der Waals surface area (Å²) in [6.07, 6.45) is 6.44. The predicted molar refractivity (Wildman–Crippen MR) is 85.5 cm³/mol. The third-order valence-electron chi connectivity index (χ3n) is 4.39. The first kappa shape index (κ1) is 16.0. The Hall–Kier alpha value is -1.35. The van der Waals surface area contributed by atoms with Gasteiger partial charge < -0.3 is 5.11 Å². The Balaban J connectivity index is 2.06. The summed E-state index contributed by atoms with van der Waals surface area (Å²) in [5.74, 6) is -0.134. The van der Waals surface area contributed by atoms with Crippen LogP contribution in [0.3, 0.4) is 0 Å². The second-order valence-corrected chi connectivity index (χ2v) is 6.60. The molecule has 0 aliphatic heterocycles. The number of hydrogen-bond acceptors (Lipinski definition) is 2. The molecule has 21 heavy (non-hydrogen) atoms. The molecule has 0 saturated heterocycles. The van der Waals surface area contributed by atoms with Crippen LogP contribution in [0, 0.1) is 5.92 Å². The summed E-state index contributed by atoms with van der Waals surface area (Å²) >= 11 is 0. The summed E-state index contributed by atoms with van der Waals surface area (Å²) in [4.78, 5) is 13.7. The Morgan fingerprint density at radius 2 is 2.05 bits per heavy atom. The van der Waals surface area contributed by atoms with Crippen molar-refractivity contribution >= 4 is 5.97 Å². The zero-order valence-electron chi connectivity index (χ0n) is 13.2. The van der Waals surface area contributed by atoms with Crippen molar-refractivity contribution in [3.05, 3.63) is 35.4 Å². The highest BCUT2D eigenvalue weighted by Gasteiger charge is 2.22. The highest BCUT2D eigenvalue weighted by atomic mass is 16.4. The minimum Gasteiger partial charge on any atom is -0.478 e. The molecule has 0 aromatic heterocycles. The third kappa shape index (κ3) is 4.85. The van der Waals surface area contributed by atoms with Crippen LogP contribution in [-0.4, -0.2) is 28.6 Å². The smallest absolute Gasteiger partial charge is 0.335 e. The number of carbonyl (C=O) groups is 1. The van der Waals surface area contributed by atoms with Crippen molar-refractivity contribution in [1.82, 2.24) is 4.90 Å². The lowest BCUT2D eigenvalue weighted by atomic mass is 10.1. The lowest BCUT2D eigenvalue weighted by molar-refractivity contribution is 0.0696. The van der Waals surface area contributed by atoms with Gasteiger partial charge in [-0.05, 0) is 49.4 Å². The average Bonchev–Trinajstić information content (AvgIpc) is 2.97. The average molecular weight is 289 g/mol. The molecule has 1 saturated carbocycles. The van der Waals surface area contributed by atoms with E-state index in [1.165, 1.54) is 32.1 Å². The molecule has 1 aromatic rings. The van der Waals surface area contributed by atoms with E-state index in [-0.39, 0.29) is 0 Å². The van der Waals surface area contributed by atoms with Crippen LogP contribution < -0.4 is 0 Å². The van der Waals surface area contributed by atoms with Gasteiger partial charge in [-0.3, -0.25) is 4.90 Å². The van der Waals surface area contributed by atoms with Crippen molar-refractivity contribution in [2.24, 2.45) is 5.92 Å². The van der Waals surface area contributed by atoms with Gasteiger partial charge in [-0.2, -0.15) is 0 Å². The van der Waals surface area contributed by atoms with E-state index in [1.54, 1.807) is 6.07 Å². The van der Waals surface area contributed by atoms with E-state index in [1.807, 2.05) is 18.2 Å². The quantitative estimate of drug-likeness (QED) is 0.818. The van der Waals surface area contributed by atoms with E-state index in [4.69, 9.17) is 5.11 Å². The number of carboxylic acids is 1. The molecule has 0 atom stereocenters. The van der Waals surface area contributed by atoms with Crippen molar-refractivity contribution in [2.75, 3.05) is 6.54 Å². The van der Waals surface area contributed by atoms with Gasteiger partial charge in [0.15, 0.2) is 0 Å². The molecule has 0 unspecified atom stereocenters. The molecule has 2 rings (SSSR count). The summed E-state index contributed by atoms with van der Waals surface area (Å²) in [5, 5.41) is 9.12. The first-order valence-electron chi connectivity index (χ1n) is 8.12. The minimum absolute atomic E-state index is 0.391. The second-order valence-electron chi connectivity index (χ2n) is 6.60. The number of benzene rings is 1. The van der Waals surface area contributed by atoms with Gasteiger partial charge in [-0.25, -0.2) is 4.79 Å². The molecule has 0 heterocycles. The molecule has 116 valence electrons. The Labute approximate surface area is 128 Å². The molecule has 1 aliphatic carbocycles. The molecular weight excluding hydrogens is 262 g/mol. The predicted octanol–water partition coefficient (Wildman–Crippen LogP) is 4.18. The molecule has 1 N–H and O–H groups in total. The molecule has 3 heteroatoms. The summed E-state index contributed by atoms with van der Waals surface area (Å²) < 4.78 is 0. The Bertz CT molecular complexity index is 464. The first-order valence-corrected chi connectivity index (χ1v) is 8.12. The number of nitrogens with zero attached hydrogens (tertiary/aromatic N) is 1. The van der Waals surface area contributed by atoms with Crippen LogP contribution in [0.2, 0.25) is 0 Å². The van der Waals surface area contributed by atoms with Gasteiger partial charge in [0.05, 0.1) is 5.56 Å². The first-order chi connectivity index (χ1) is 10.1. The fourth-order valence-electron chi connectivity index (χ4n) is 3.12. The minimum atomic E-state index is -0.841. The van der Waals surface area contributed by atoms with Gasteiger partial charge in [0, 0.05) is 12.6 Å². The Morgan fingerprint density at radius 3 is 2.67 bits per heavy atom. The highest BCUT2D eigenvalue weighted by molar-refractivity contribution is 5.87. The second kappa shape index (κ2) is 7.60. The van der Waals surface area contributed by atoms with Gasteiger partial charge in [-0.1, -0.05) is 38.8 Å². The van der Waals surface area contributed by atoms with Crippen LogP contribution in [0.5, 0.6) is 0 Å². The lowest BCUT2D eigenvalue weighted by Crippen LogP contribution is -2.34. The van der Waals surface area contributed by atoms with E-state index in [0.717, 1.165) is 18.7 Å². The van der Waals surface area contributed by atoms with Gasteiger partial charge in [0.25, 0.3) is 0 Å². The Kier molecular flexibility index (Phi) is 5.80. The molecule has 1 aliphatic rings. The van der Waals surface area contributed by atoms with Gasteiger partial charge in [0.1, 0.15) is 0 Å². The fourth-order valence-corrected chi connectivity index (χ4v) is 3.12. The largest absolute Gasteiger partial charge is 0.478 e. The molecule has 0 spiro atoms. The van der Waals surface area contributed by atoms with Crippen molar-refractivity contribution in [2.45, 2.75) is 58.5 Å². The number of carboxylic acid groups (broad SMARTS) is 1. The zero-order valence-corrected chi connectivity index (χ0v) is 13.2. The third-order valence-corrected chi connectivity index (χ3v) is 4.39. The molecule has 0 amide bonds. The van der Waals surface area contributed by atoms with Gasteiger partial charge in [-0.15, -0.1) is 0 Å². The van der Waals surface area contributed by atoms with Crippen LogP contribution in [-0.2, 0) is 6.54 Å². The van der Waals surface area contributed by atoms with E-state index in [0.29, 0.717) is 17.5 Å². The maximum absolute atomic E-state index is 11.1. The van der Waals surface area contributed by atoms with Crippen molar-refractivity contribution in [3.63, 3.8) is 0 Å². The molecule has 1 aromatic carbocycles. The fraction of sp³-hybridized carbons (Fsp3) is 0.611. The monoisotopic (exact) mass is 289 g/mol. The highest BCUT2D eigenvalue weighted by Crippen LogP contribution is 2.25. The summed E-state index contributed by atoms with van der Waals surface area (Å²) in [7, 11) is 0. The lowest BCUT2D eigenvalue weighted by Gasteiger charge is -2.29. The summed E-state index contributed by atoms with van der Waals surface area (Å²) in [6.45, 7) is 6.51. The number of hydrogen-bond donors (Lipinski definition) is 1. The van der Waals surface area contributed by atoms with Crippen LogP contribution in [0.25, 0.3) is 0 Å². The van der Waals surface area contributed by atoms with Gasteiger partial charge >= 0.3 is 5.97 Å². The SMILES string of the molecule is CC(C)CCN(Cc1cccc(C(=O)O)c1)C1CCCC1. The number of aromatic carboxylic acids is 1. The molecule has 0 bridgehead atoms. The van der Waals surface area contributed by atoms with Crippen molar-refractivity contribution in [1.29, 1.82) is 0 Å². The van der Waals surface area contributed by atoms with Crippen LogP contribution in [0.1, 0.15) is 61.9 Å². The molecule has 0 radical (unpaired) electrons. The molecule has 3 nitrogen and oxygen atoms in total. The van der Waals surface area contributed by atoms with Crippen LogP contribution >= 0.6 is 0 Å². The van der Waals surface area contributed by atoms with Gasteiger partial charge in [0.2, 0.25) is 0 Å². The van der Waals surface area contributed by atoms with Crippen LogP contribution in [0.4, 0.5) is 0 Å². The Morgan fingerprint density at radius 1 is 1.33 bits per heavy atom. The van der Waals surface area contributed by atoms with E-state index >= 15 is 0 Å². The van der Waals surface area contributed by atoms with Crippen molar-refractivity contribution < 1.29 is 9.90 Å². The maximum atomic E-state index is 11.1. The topological polar surface area (TPSA) is 40.5 Å². The maximum Gasteiger partial charge on any atom is 0.335 e. The summed E-state index contributed by atoms with van der Waals surface area (Å²) in [6, 6.07) is 8.06. The summed E-state index contributed by atoms with van der Waals surface area (Å²) in [5.41, 5.74) is 1.51. The molecule has 1 fully saturated rings. The van der Waals surface area contributed by atoms with E-state index < -0.39 is 5.97 Å². The normalized spacial score (nSPS) is 16.0. The standard InChI is InChI=1S/C18H27NO2/c1-14(2)10-11-19(17-8-3-4-9-17)13-15-6-5-7-16(12-15)18(20)21/h5-7,12,14,17H,3-4,8-11,13H2,1-2H3,(H,20,21).